The molecular weight excluding hydrogens is 266 g/mol. The van der Waals surface area contributed by atoms with Gasteiger partial charge in [0.15, 0.2) is 0 Å². The Morgan fingerprint density at radius 1 is 1.10 bits per heavy atom. The molecule has 3 rings (SSSR count). The Bertz CT molecular complexity index is 711. The zero-order valence-corrected chi connectivity index (χ0v) is 11.6. The van der Waals surface area contributed by atoms with Gasteiger partial charge in [-0.15, -0.1) is 0 Å². The number of nitrogens with zero attached hydrogens (tertiary/aromatic N) is 3. The maximum atomic E-state index is 5.21. The molecule has 0 bridgehead atoms. The third-order valence-electron chi connectivity index (χ3n) is 3.08. The van der Waals surface area contributed by atoms with Crippen LogP contribution in [0, 0.1) is 0 Å². The quantitative estimate of drug-likeness (QED) is 0.751. The molecule has 0 spiro atoms. The van der Waals surface area contributed by atoms with E-state index in [9.17, 15) is 0 Å². The zero-order chi connectivity index (χ0) is 14.5. The molecule has 0 radical (unpaired) electrons. The average molecular weight is 281 g/mol. The highest BCUT2D eigenvalue weighted by Gasteiger charge is 2.11. The zero-order valence-electron chi connectivity index (χ0n) is 11.6. The van der Waals surface area contributed by atoms with Crippen molar-refractivity contribution in [3.8, 4) is 17.1 Å². The van der Waals surface area contributed by atoms with Crippen molar-refractivity contribution in [1.29, 1.82) is 0 Å². The molecule has 0 atom stereocenters. The fourth-order valence-electron chi connectivity index (χ4n) is 2.07. The van der Waals surface area contributed by atoms with Crippen LogP contribution in [-0.4, -0.2) is 27.5 Å². The van der Waals surface area contributed by atoms with Crippen LogP contribution in [0.2, 0.25) is 0 Å². The topological polar surface area (TPSA) is 75.7 Å². The first-order valence-electron chi connectivity index (χ1n) is 6.56. The number of nitrogens with one attached hydrogen (secondary N) is 2. The number of hydrogen-bond donors (Lipinski definition) is 2. The number of pyridine rings is 1. The van der Waals surface area contributed by atoms with Crippen LogP contribution in [0.3, 0.4) is 0 Å². The number of rotatable bonds is 5. The molecule has 1 aromatic carbocycles. The Morgan fingerprint density at radius 3 is 2.76 bits per heavy atom. The highest BCUT2D eigenvalue weighted by molar-refractivity contribution is 5.62. The van der Waals surface area contributed by atoms with E-state index in [-0.39, 0.29) is 0 Å². The lowest BCUT2D eigenvalue weighted by Gasteiger charge is -2.09. The van der Waals surface area contributed by atoms with Crippen LogP contribution >= 0.6 is 0 Å². The van der Waals surface area contributed by atoms with Gasteiger partial charge < -0.3 is 10.1 Å². The van der Waals surface area contributed by atoms with E-state index in [1.807, 2.05) is 42.5 Å². The molecule has 6 heteroatoms. The van der Waals surface area contributed by atoms with Crippen LogP contribution < -0.4 is 10.1 Å². The Labute approximate surface area is 122 Å². The van der Waals surface area contributed by atoms with Crippen LogP contribution in [0.5, 0.6) is 5.88 Å². The summed E-state index contributed by atoms with van der Waals surface area (Å²) in [5, 5.41) is 14.4. The van der Waals surface area contributed by atoms with Gasteiger partial charge in [0.05, 0.1) is 19.3 Å². The Morgan fingerprint density at radius 2 is 1.95 bits per heavy atom. The van der Waals surface area contributed by atoms with E-state index < -0.39 is 0 Å². The second kappa shape index (κ2) is 6.04. The van der Waals surface area contributed by atoms with Gasteiger partial charge in [0.1, 0.15) is 11.4 Å². The molecular formula is C15H15N5O. The van der Waals surface area contributed by atoms with Crippen LogP contribution in [0.4, 0.5) is 5.69 Å². The van der Waals surface area contributed by atoms with E-state index in [2.05, 4.69) is 25.7 Å². The van der Waals surface area contributed by atoms with Crippen LogP contribution in [0.15, 0.2) is 48.7 Å². The molecule has 0 unspecified atom stereocenters. The summed E-state index contributed by atoms with van der Waals surface area (Å²) in [4.78, 5) is 4.15. The molecule has 0 aliphatic carbocycles. The van der Waals surface area contributed by atoms with Crippen molar-refractivity contribution >= 4 is 5.69 Å². The Hall–Kier alpha value is -2.89. The lowest BCUT2D eigenvalue weighted by atomic mass is 10.1. The summed E-state index contributed by atoms with van der Waals surface area (Å²) in [6.45, 7) is 0.531. The van der Waals surface area contributed by atoms with Gasteiger partial charge in [-0.1, -0.05) is 30.3 Å². The minimum absolute atomic E-state index is 0.531. The molecule has 0 fully saturated rings. The number of methoxy groups -OCH3 is 1. The van der Waals surface area contributed by atoms with E-state index in [4.69, 9.17) is 4.74 Å². The summed E-state index contributed by atoms with van der Waals surface area (Å²) >= 11 is 0. The fraction of sp³-hybridized carbons (Fsp3) is 0.133. The average Bonchev–Trinajstić information content (AvgIpc) is 3.02. The van der Waals surface area contributed by atoms with E-state index >= 15 is 0 Å². The van der Waals surface area contributed by atoms with E-state index in [0.29, 0.717) is 12.4 Å². The highest BCUT2D eigenvalue weighted by atomic mass is 16.5. The molecule has 0 amide bonds. The molecule has 0 saturated heterocycles. The van der Waals surface area contributed by atoms with Gasteiger partial charge in [0.2, 0.25) is 5.88 Å². The van der Waals surface area contributed by atoms with Crippen molar-refractivity contribution in [2.45, 2.75) is 6.54 Å². The van der Waals surface area contributed by atoms with Crippen LogP contribution in [0.1, 0.15) is 5.69 Å². The highest BCUT2D eigenvalue weighted by Crippen LogP contribution is 2.23. The molecule has 3 aromatic rings. The van der Waals surface area contributed by atoms with Gasteiger partial charge in [0, 0.05) is 11.8 Å². The molecule has 0 aliphatic heterocycles. The lowest BCUT2D eigenvalue weighted by Crippen LogP contribution is -2.03. The van der Waals surface area contributed by atoms with Crippen molar-refractivity contribution < 1.29 is 4.74 Å². The van der Waals surface area contributed by atoms with Gasteiger partial charge in [-0.2, -0.15) is 15.4 Å². The van der Waals surface area contributed by atoms with Crippen LogP contribution in [0.25, 0.3) is 11.3 Å². The predicted octanol–water partition coefficient (Wildman–Crippen LogP) is 2.49. The van der Waals surface area contributed by atoms with Crippen molar-refractivity contribution in [1.82, 2.24) is 20.4 Å². The summed E-state index contributed by atoms with van der Waals surface area (Å²) in [6.07, 6.45) is 1.69. The van der Waals surface area contributed by atoms with Crippen molar-refractivity contribution in [2.75, 3.05) is 12.4 Å². The normalized spacial score (nSPS) is 10.3. The number of hydrogen-bond acceptors (Lipinski definition) is 5. The number of H-pyrrole nitrogens is 1. The van der Waals surface area contributed by atoms with E-state index in [0.717, 1.165) is 22.6 Å². The fourth-order valence-corrected chi connectivity index (χ4v) is 2.07. The molecule has 0 saturated carbocycles. The van der Waals surface area contributed by atoms with E-state index in [1.165, 1.54) is 0 Å². The summed E-state index contributed by atoms with van der Waals surface area (Å²) in [6, 6.07) is 13.7. The third-order valence-corrected chi connectivity index (χ3v) is 3.08. The SMILES string of the molecule is COc1ncccc1NCc1n[nH]nc1-c1ccccc1. The second-order valence-electron chi connectivity index (χ2n) is 4.40. The van der Waals surface area contributed by atoms with E-state index in [1.54, 1.807) is 13.3 Å². The monoisotopic (exact) mass is 281 g/mol. The maximum Gasteiger partial charge on any atom is 0.237 e. The minimum atomic E-state index is 0.531. The molecule has 2 N–H and O–H groups in total. The van der Waals surface area contributed by atoms with Gasteiger partial charge in [-0.3, -0.25) is 0 Å². The number of ether oxygens (including phenoxy) is 1. The largest absolute Gasteiger partial charge is 0.480 e. The number of benzene rings is 1. The van der Waals surface area contributed by atoms with Gasteiger partial charge in [-0.05, 0) is 12.1 Å². The number of aromatic nitrogens is 4. The van der Waals surface area contributed by atoms with Gasteiger partial charge in [-0.25, -0.2) is 4.98 Å². The van der Waals surface area contributed by atoms with Crippen molar-refractivity contribution in [2.24, 2.45) is 0 Å². The van der Waals surface area contributed by atoms with Crippen LogP contribution in [-0.2, 0) is 6.54 Å². The summed E-state index contributed by atoms with van der Waals surface area (Å²) < 4.78 is 5.21. The molecule has 2 aromatic heterocycles. The molecule has 2 heterocycles. The molecule has 6 nitrogen and oxygen atoms in total. The molecule has 0 aliphatic rings. The second-order valence-corrected chi connectivity index (χ2v) is 4.40. The maximum absolute atomic E-state index is 5.21. The minimum Gasteiger partial charge on any atom is -0.480 e. The molecule has 106 valence electrons. The first-order chi connectivity index (χ1) is 10.4. The first-order valence-corrected chi connectivity index (χ1v) is 6.56. The standard InChI is InChI=1S/C15H15N5O/c1-21-15-12(8-5-9-16-15)17-10-13-14(19-20-18-13)11-6-3-2-4-7-11/h2-9,17H,10H2,1H3,(H,18,19,20). The summed E-state index contributed by atoms with van der Waals surface area (Å²) in [5.74, 6) is 0.558. The molecule has 21 heavy (non-hydrogen) atoms. The first kappa shape index (κ1) is 13.1. The van der Waals surface area contributed by atoms with Crippen molar-refractivity contribution in [3.05, 3.63) is 54.4 Å². The van der Waals surface area contributed by atoms with Crippen molar-refractivity contribution in [3.63, 3.8) is 0 Å². The predicted molar refractivity (Wildman–Crippen MR) is 79.9 cm³/mol. The number of anilines is 1. The summed E-state index contributed by atoms with van der Waals surface area (Å²) in [7, 11) is 1.60. The Balaban J connectivity index is 1.79. The summed E-state index contributed by atoms with van der Waals surface area (Å²) in [5.41, 5.74) is 3.53. The third kappa shape index (κ3) is 2.84. The van der Waals surface area contributed by atoms with Gasteiger partial charge >= 0.3 is 0 Å². The number of aromatic amines is 1. The van der Waals surface area contributed by atoms with Gasteiger partial charge in [0.25, 0.3) is 0 Å². The lowest BCUT2D eigenvalue weighted by molar-refractivity contribution is 0.399. The Kier molecular flexibility index (Phi) is 3.77. The smallest absolute Gasteiger partial charge is 0.237 e.